The van der Waals surface area contributed by atoms with E-state index in [1.54, 1.807) is 0 Å². The summed E-state index contributed by atoms with van der Waals surface area (Å²) in [5.41, 5.74) is 3.00. The summed E-state index contributed by atoms with van der Waals surface area (Å²) < 4.78 is 0. The Balaban J connectivity index is 2.08. The van der Waals surface area contributed by atoms with Crippen molar-refractivity contribution < 1.29 is 4.79 Å². The normalized spacial score (nSPS) is 19.5. The second-order valence-corrected chi connectivity index (χ2v) is 5.89. The van der Waals surface area contributed by atoms with Gasteiger partial charge in [0.2, 0.25) is 5.91 Å². The monoisotopic (exact) mass is 252 g/mol. The van der Waals surface area contributed by atoms with Crippen molar-refractivity contribution in [3.8, 4) is 0 Å². The molecule has 4 rings (SSSR count). The third-order valence-corrected chi connectivity index (χ3v) is 4.39. The molecule has 3 nitrogen and oxygen atoms in total. The highest BCUT2D eigenvalue weighted by atomic mass is 16.2. The van der Waals surface area contributed by atoms with Crippen molar-refractivity contribution in [2.75, 3.05) is 4.90 Å². The van der Waals surface area contributed by atoms with E-state index in [1.165, 1.54) is 5.56 Å². The quantitative estimate of drug-likeness (QED) is 0.781. The lowest BCUT2D eigenvalue weighted by Crippen LogP contribution is -2.37. The maximum atomic E-state index is 12.7. The van der Waals surface area contributed by atoms with Gasteiger partial charge in [-0.3, -0.25) is 9.78 Å². The lowest BCUT2D eigenvalue weighted by molar-refractivity contribution is -0.120. The highest BCUT2D eigenvalue weighted by molar-refractivity contribution is 6.14. The van der Waals surface area contributed by atoms with E-state index in [0.717, 1.165) is 29.4 Å². The van der Waals surface area contributed by atoms with Crippen LogP contribution in [-0.4, -0.2) is 16.9 Å². The lowest BCUT2D eigenvalue weighted by Gasteiger charge is -2.22. The van der Waals surface area contributed by atoms with Gasteiger partial charge in [0, 0.05) is 17.0 Å². The first kappa shape index (κ1) is 11.0. The zero-order valence-corrected chi connectivity index (χ0v) is 11.2. The molecule has 2 aromatic rings. The van der Waals surface area contributed by atoms with Crippen molar-refractivity contribution in [1.29, 1.82) is 0 Å². The zero-order valence-electron chi connectivity index (χ0n) is 11.2. The van der Waals surface area contributed by atoms with Crippen LogP contribution in [0.4, 0.5) is 5.69 Å². The Morgan fingerprint density at radius 1 is 1.26 bits per heavy atom. The fourth-order valence-electron chi connectivity index (χ4n) is 3.36. The Morgan fingerprint density at radius 3 is 2.68 bits per heavy atom. The van der Waals surface area contributed by atoms with Gasteiger partial charge < -0.3 is 4.90 Å². The van der Waals surface area contributed by atoms with Crippen LogP contribution < -0.4 is 4.90 Å². The molecule has 1 aliphatic carbocycles. The van der Waals surface area contributed by atoms with Gasteiger partial charge in [0.1, 0.15) is 0 Å². The number of aromatic nitrogens is 1. The molecule has 19 heavy (non-hydrogen) atoms. The van der Waals surface area contributed by atoms with Gasteiger partial charge in [-0.05, 0) is 32.8 Å². The number of nitrogens with zero attached hydrogens (tertiary/aromatic N) is 2. The number of fused-ring (bicyclic) bond motifs is 4. The maximum absolute atomic E-state index is 12.7. The first-order chi connectivity index (χ1) is 9.15. The number of hydrogen-bond acceptors (Lipinski definition) is 2. The molecule has 0 atom stereocenters. The molecule has 0 saturated heterocycles. The molecule has 0 bridgehead atoms. The van der Waals surface area contributed by atoms with Crippen LogP contribution in [0.5, 0.6) is 0 Å². The Labute approximate surface area is 112 Å². The number of benzene rings is 1. The van der Waals surface area contributed by atoms with E-state index in [2.05, 4.69) is 24.9 Å². The van der Waals surface area contributed by atoms with Crippen molar-refractivity contribution in [2.24, 2.45) is 0 Å². The summed E-state index contributed by atoms with van der Waals surface area (Å²) >= 11 is 0. The molecule has 1 aliphatic heterocycles. The van der Waals surface area contributed by atoms with Crippen LogP contribution in [0.1, 0.15) is 32.3 Å². The molecule has 3 heteroatoms. The molecule has 1 fully saturated rings. The Hall–Kier alpha value is -1.90. The molecule has 2 heterocycles. The summed E-state index contributed by atoms with van der Waals surface area (Å²) in [7, 11) is 0. The predicted molar refractivity (Wildman–Crippen MR) is 75.3 cm³/mol. The highest BCUT2D eigenvalue weighted by Gasteiger charge is 2.60. The molecular formula is C16H16N2O. The average Bonchev–Trinajstić information content (AvgIpc) is 3.14. The predicted octanol–water partition coefficient (Wildman–Crippen LogP) is 3.02. The SMILES string of the molecule is CC(C)N1C(=O)C2(CC2)c2c1cnc1ccccc21. The van der Waals surface area contributed by atoms with Crippen LogP contribution in [-0.2, 0) is 10.2 Å². The van der Waals surface area contributed by atoms with Crippen LogP contribution in [0.3, 0.4) is 0 Å². The van der Waals surface area contributed by atoms with Crippen molar-refractivity contribution in [3.63, 3.8) is 0 Å². The molecule has 2 aliphatic rings. The van der Waals surface area contributed by atoms with E-state index in [1.807, 2.05) is 29.3 Å². The summed E-state index contributed by atoms with van der Waals surface area (Å²) in [4.78, 5) is 19.2. The number of rotatable bonds is 1. The standard InChI is InChI=1S/C16H16N2O/c1-10(2)18-13-9-17-12-6-4-3-5-11(12)14(13)16(7-8-16)15(18)19/h3-6,9-10H,7-8H2,1-2H3. The molecule has 1 spiro atoms. The molecule has 1 aromatic carbocycles. The van der Waals surface area contributed by atoms with Gasteiger partial charge in [0.25, 0.3) is 0 Å². The van der Waals surface area contributed by atoms with Gasteiger partial charge in [-0.2, -0.15) is 0 Å². The number of amides is 1. The Morgan fingerprint density at radius 2 is 2.00 bits per heavy atom. The van der Waals surface area contributed by atoms with Crippen LogP contribution in [0, 0.1) is 0 Å². The molecule has 1 amide bonds. The van der Waals surface area contributed by atoms with Crippen LogP contribution in [0.25, 0.3) is 10.9 Å². The minimum absolute atomic E-state index is 0.189. The fourth-order valence-corrected chi connectivity index (χ4v) is 3.36. The summed E-state index contributed by atoms with van der Waals surface area (Å²) in [6, 6.07) is 8.34. The molecule has 0 radical (unpaired) electrons. The largest absolute Gasteiger partial charge is 0.307 e. The molecule has 0 unspecified atom stereocenters. The van der Waals surface area contributed by atoms with Gasteiger partial charge in [0.15, 0.2) is 0 Å². The third-order valence-electron chi connectivity index (χ3n) is 4.39. The van der Waals surface area contributed by atoms with Gasteiger partial charge in [0.05, 0.1) is 22.8 Å². The minimum Gasteiger partial charge on any atom is -0.307 e. The van der Waals surface area contributed by atoms with E-state index in [4.69, 9.17) is 0 Å². The van der Waals surface area contributed by atoms with Crippen LogP contribution >= 0.6 is 0 Å². The van der Waals surface area contributed by atoms with Gasteiger partial charge in [-0.1, -0.05) is 18.2 Å². The summed E-state index contributed by atoms with van der Waals surface area (Å²) in [6.45, 7) is 4.14. The summed E-state index contributed by atoms with van der Waals surface area (Å²) in [5, 5.41) is 1.15. The van der Waals surface area contributed by atoms with Gasteiger partial charge >= 0.3 is 0 Å². The second-order valence-electron chi connectivity index (χ2n) is 5.89. The number of hydrogen-bond donors (Lipinski definition) is 0. The second kappa shape index (κ2) is 3.35. The number of para-hydroxylation sites is 1. The number of anilines is 1. The molecule has 96 valence electrons. The first-order valence-corrected chi connectivity index (χ1v) is 6.87. The molecular weight excluding hydrogens is 236 g/mol. The van der Waals surface area contributed by atoms with Crippen molar-refractivity contribution in [2.45, 2.75) is 38.1 Å². The summed E-state index contributed by atoms with van der Waals surface area (Å²) in [5.74, 6) is 0.274. The molecule has 1 aromatic heterocycles. The van der Waals surface area contributed by atoms with E-state index in [9.17, 15) is 4.79 Å². The van der Waals surface area contributed by atoms with E-state index in [-0.39, 0.29) is 17.4 Å². The third kappa shape index (κ3) is 1.23. The maximum Gasteiger partial charge on any atom is 0.238 e. The lowest BCUT2D eigenvalue weighted by atomic mass is 9.94. The van der Waals surface area contributed by atoms with Crippen molar-refractivity contribution >= 4 is 22.5 Å². The van der Waals surface area contributed by atoms with E-state index < -0.39 is 0 Å². The Bertz CT molecular complexity index is 701. The number of pyridine rings is 1. The zero-order chi connectivity index (χ0) is 13.2. The fraction of sp³-hybridized carbons (Fsp3) is 0.375. The van der Waals surface area contributed by atoms with Gasteiger partial charge in [-0.25, -0.2) is 0 Å². The average molecular weight is 252 g/mol. The van der Waals surface area contributed by atoms with Crippen molar-refractivity contribution in [3.05, 3.63) is 36.0 Å². The van der Waals surface area contributed by atoms with E-state index >= 15 is 0 Å². The van der Waals surface area contributed by atoms with Crippen LogP contribution in [0.2, 0.25) is 0 Å². The summed E-state index contributed by atoms with van der Waals surface area (Å²) in [6.07, 6.45) is 3.84. The highest BCUT2D eigenvalue weighted by Crippen LogP contribution is 2.59. The number of carbonyl (C=O) groups is 1. The Kier molecular flexibility index (Phi) is 1.93. The topological polar surface area (TPSA) is 33.2 Å². The molecule has 0 N–H and O–H groups in total. The smallest absolute Gasteiger partial charge is 0.238 e. The van der Waals surface area contributed by atoms with E-state index in [0.29, 0.717) is 0 Å². The van der Waals surface area contributed by atoms with Crippen molar-refractivity contribution in [1.82, 2.24) is 4.98 Å². The molecule has 1 saturated carbocycles. The van der Waals surface area contributed by atoms with Crippen LogP contribution in [0.15, 0.2) is 30.5 Å². The van der Waals surface area contributed by atoms with Gasteiger partial charge in [-0.15, -0.1) is 0 Å². The number of carbonyl (C=O) groups excluding carboxylic acids is 1. The minimum atomic E-state index is -0.234. The first-order valence-electron chi connectivity index (χ1n) is 6.87.